The second-order valence-corrected chi connectivity index (χ2v) is 11.3. The van der Waals surface area contributed by atoms with Gasteiger partial charge < -0.3 is 15.4 Å². The number of sulfonamides is 1. The Hall–Kier alpha value is -3.21. The average molecular weight is 532 g/mol. The van der Waals surface area contributed by atoms with E-state index < -0.39 is 35.5 Å². The van der Waals surface area contributed by atoms with Crippen molar-refractivity contribution in [1.29, 1.82) is 0 Å². The first kappa shape index (κ1) is 18.9. The van der Waals surface area contributed by atoms with E-state index in [2.05, 4.69) is 25.3 Å². The number of nitrogens with one attached hydrogen (secondary N) is 3. The molecule has 0 atom stereocenters. The maximum absolute atomic E-state index is 12.8. The first-order valence-corrected chi connectivity index (χ1v) is 13.3. The molecule has 0 saturated carbocycles. The van der Waals surface area contributed by atoms with E-state index in [-0.39, 0.29) is 28.0 Å². The number of hydrogen-bond donors (Lipinski definition) is 3. The summed E-state index contributed by atoms with van der Waals surface area (Å²) in [5.41, 5.74) is -0.125. The fraction of sp³-hybridized carbons (Fsp3) is 0.407. The van der Waals surface area contributed by atoms with Gasteiger partial charge in [-0.1, -0.05) is 6.07 Å². The number of hydrogen-bond acceptors (Lipinski definition) is 8. The molecule has 3 N–H and O–H groups in total. The number of ether oxygens (including phenoxy) is 1. The SMILES string of the molecule is [2H]C([2H])([2H])c1cnc(Nc2ccc(OC([2H])([2H])C([2H])([2H])N3CCCC3)cc2)nc1Nc1cccc(S(=O)(=O)NC(C)(C)C)c1. The minimum absolute atomic E-state index is 0.0135. The van der Waals surface area contributed by atoms with Gasteiger partial charge in [0.25, 0.3) is 0 Å². The zero-order valence-electron chi connectivity index (χ0n) is 28.0. The molecule has 0 bridgehead atoms. The van der Waals surface area contributed by atoms with Crippen LogP contribution >= 0.6 is 0 Å². The lowest BCUT2D eigenvalue weighted by atomic mass is 10.1. The Morgan fingerprint density at radius 2 is 1.84 bits per heavy atom. The van der Waals surface area contributed by atoms with Gasteiger partial charge in [-0.05, 0) is 96.0 Å². The van der Waals surface area contributed by atoms with Crippen molar-refractivity contribution < 1.29 is 22.7 Å². The first-order chi connectivity index (χ1) is 20.3. The molecule has 2 aromatic carbocycles. The van der Waals surface area contributed by atoms with Crippen LogP contribution in [0.1, 0.15) is 48.8 Å². The van der Waals surface area contributed by atoms with Crippen LogP contribution in [0.3, 0.4) is 0 Å². The number of aryl methyl sites for hydroxylation is 1. The third kappa shape index (κ3) is 7.88. The zero-order chi connectivity index (χ0) is 32.6. The summed E-state index contributed by atoms with van der Waals surface area (Å²) in [5, 5.41) is 5.86. The van der Waals surface area contributed by atoms with Crippen LogP contribution in [0, 0.1) is 6.85 Å². The van der Waals surface area contributed by atoms with Crippen LogP contribution in [0.5, 0.6) is 5.75 Å². The van der Waals surface area contributed by atoms with Gasteiger partial charge in [-0.15, -0.1) is 0 Å². The van der Waals surface area contributed by atoms with Crippen LogP contribution in [0.2, 0.25) is 0 Å². The van der Waals surface area contributed by atoms with E-state index in [0.717, 1.165) is 19.0 Å². The van der Waals surface area contributed by atoms with Gasteiger partial charge in [-0.2, -0.15) is 4.98 Å². The van der Waals surface area contributed by atoms with Gasteiger partial charge in [-0.25, -0.2) is 18.1 Å². The molecule has 0 radical (unpaired) electrons. The molecule has 3 aromatic rings. The maximum Gasteiger partial charge on any atom is 0.241 e. The van der Waals surface area contributed by atoms with Crippen LogP contribution in [-0.2, 0) is 10.0 Å². The highest BCUT2D eigenvalue weighted by molar-refractivity contribution is 7.89. The fourth-order valence-electron chi connectivity index (χ4n) is 3.59. The minimum atomic E-state index is -3.85. The smallest absolute Gasteiger partial charge is 0.241 e. The largest absolute Gasteiger partial charge is 0.492 e. The van der Waals surface area contributed by atoms with Crippen molar-refractivity contribution in [3.8, 4) is 5.75 Å². The highest BCUT2D eigenvalue weighted by Gasteiger charge is 2.22. The Balaban J connectivity index is 1.53. The molecule has 0 aliphatic carbocycles. The van der Waals surface area contributed by atoms with Crippen molar-refractivity contribution in [3.63, 3.8) is 0 Å². The molecule has 9 nitrogen and oxygen atoms in total. The number of likely N-dealkylation sites (tertiary alicyclic amines) is 1. The summed E-state index contributed by atoms with van der Waals surface area (Å²) in [7, 11) is -3.85. The Bertz CT molecular complexity index is 1570. The summed E-state index contributed by atoms with van der Waals surface area (Å²) in [6.07, 6.45) is 2.75. The standard InChI is InChI=1S/C27H36N6O3S/c1-20-19-28-26(30-21-10-12-23(13-11-21)36-17-16-33-14-5-6-15-33)31-25(20)29-22-8-7-9-24(18-22)37(34,35)32-27(2,3)4/h7-13,18-19,32H,5-6,14-17H2,1-4H3,(H2,28,29,30,31)/i1D3,16D2,17D2. The van der Waals surface area contributed by atoms with Crippen molar-refractivity contribution in [1.82, 2.24) is 19.6 Å². The van der Waals surface area contributed by atoms with Crippen molar-refractivity contribution in [2.45, 2.75) is 50.9 Å². The molecule has 1 saturated heterocycles. The molecular formula is C27H36N6O3S. The van der Waals surface area contributed by atoms with E-state index >= 15 is 0 Å². The van der Waals surface area contributed by atoms with Crippen LogP contribution in [0.25, 0.3) is 0 Å². The number of anilines is 4. The predicted octanol–water partition coefficient (Wildman–Crippen LogP) is 4.82. The minimum Gasteiger partial charge on any atom is -0.492 e. The highest BCUT2D eigenvalue weighted by atomic mass is 32.2. The van der Waals surface area contributed by atoms with Gasteiger partial charge in [0.1, 0.15) is 18.1 Å². The summed E-state index contributed by atoms with van der Waals surface area (Å²) < 4.78 is 90.5. The third-order valence-corrected chi connectivity index (χ3v) is 6.98. The number of aromatic nitrogens is 2. The molecule has 0 amide bonds. The summed E-state index contributed by atoms with van der Waals surface area (Å²) in [6.45, 7) is -1.44. The van der Waals surface area contributed by atoms with Crippen molar-refractivity contribution >= 4 is 33.2 Å². The van der Waals surface area contributed by atoms with Gasteiger partial charge in [-0.3, -0.25) is 4.90 Å². The van der Waals surface area contributed by atoms with E-state index in [1.165, 1.54) is 35.2 Å². The third-order valence-electron chi connectivity index (χ3n) is 5.23. The molecule has 198 valence electrons. The Labute approximate surface area is 229 Å². The van der Waals surface area contributed by atoms with Crippen LogP contribution < -0.4 is 20.1 Å². The van der Waals surface area contributed by atoms with E-state index in [0.29, 0.717) is 24.5 Å². The van der Waals surface area contributed by atoms with Crippen molar-refractivity contribution in [2.75, 3.05) is 36.8 Å². The molecule has 1 aliphatic rings. The van der Waals surface area contributed by atoms with Crippen molar-refractivity contribution in [2.24, 2.45) is 0 Å². The van der Waals surface area contributed by atoms with Gasteiger partial charge >= 0.3 is 0 Å². The van der Waals surface area contributed by atoms with Crippen LogP contribution in [0.15, 0.2) is 59.6 Å². The zero-order valence-corrected chi connectivity index (χ0v) is 21.8. The summed E-state index contributed by atoms with van der Waals surface area (Å²) in [4.78, 5) is 9.88. The highest BCUT2D eigenvalue weighted by Crippen LogP contribution is 2.24. The van der Waals surface area contributed by atoms with Crippen LogP contribution in [-0.4, -0.2) is 55.0 Å². The fourth-order valence-corrected chi connectivity index (χ4v) is 5.05. The van der Waals surface area contributed by atoms with E-state index in [4.69, 9.17) is 14.3 Å². The molecule has 2 heterocycles. The van der Waals surface area contributed by atoms with E-state index in [1.807, 2.05) is 0 Å². The monoisotopic (exact) mass is 531 g/mol. The second-order valence-electron chi connectivity index (χ2n) is 9.62. The summed E-state index contributed by atoms with van der Waals surface area (Å²) in [6, 6.07) is 12.0. The molecular weight excluding hydrogens is 488 g/mol. The lowest BCUT2D eigenvalue weighted by molar-refractivity contribution is 0.238. The molecule has 1 aliphatic heterocycles. The average Bonchev–Trinajstić information content (AvgIpc) is 3.44. The molecule has 10 heteroatoms. The molecule has 37 heavy (non-hydrogen) atoms. The molecule has 0 spiro atoms. The van der Waals surface area contributed by atoms with Gasteiger partial charge in [0.15, 0.2) is 0 Å². The molecule has 1 fully saturated rings. The number of nitrogens with zero attached hydrogens (tertiary/aromatic N) is 3. The Morgan fingerprint density at radius 1 is 1.08 bits per heavy atom. The molecule has 1 aromatic heterocycles. The Morgan fingerprint density at radius 3 is 2.54 bits per heavy atom. The maximum atomic E-state index is 12.8. The first-order valence-electron chi connectivity index (χ1n) is 15.4. The predicted molar refractivity (Wildman–Crippen MR) is 147 cm³/mol. The van der Waals surface area contributed by atoms with Gasteiger partial charge in [0.05, 0.1) is 7.64 Å². The normalized spacial score (nSPS) is 18.4. The van der Waals surface area contributed by atoms with Gasteiger partial charge in [0.2, 0.25) is 16.0 Å². The summed E-state index contributed by atoms with van der Waals surface area (Å²) in [5.74, 6) is 0.0894. The Kier molecular flexibility index (Phi) is 5.86. The lowest BCUT2D eigenvalue weighted by Gasteiger charge is -2.20. The molecule has 4 rings (SSSR count). The number of rotatable bonds is 10. The van der Waals surface area contributed by atoms with E-state index in [9.17, 15) is 8.42 Å². The summed E-state index contributed by atoms with van der Waals surface area (Å²) >= 11 is 0. The topological polar surface area (TPSA) is 108 Å². The van der Waals surface area contributed by atoms with Crippen molar-refractivity contribution in [3.05, 3.63) is 60.3 Å². The second kappa shape index (κ2) is 11.5. The van der Waals surface area contributed by atoms with Crippen LogP contribution in [0.4, 0.5) is 23.1 Å². The quantitative estimate of drug-likeness (QED) is 0.342. The van der Waals surface area contributed by atoms with Gasteiger partial charge in [0, 0.05) is 42.0 Å². The number of benzene rings is 2. The molecule has 0 unspecified atom stereocenters. The van der Waals surface area contributed by atoms with E-state index in [1.54, 1.807) is 39.0 Å². The lowest BCUT2D eigenvalue weighted by Crippen LogP contribution is -2.40.